The summed E-state index contributed by atoms with van der Waals surface area (Å²) in [4.78, 5) is 4.73. The molecule has 25 heavy (non-hydrogen) atoms. The van der Waals surface area contributed by atoms with Crippen LogP contribution in [0.2, 0.25) is 0 Å². The molecule has 1 heterocycles. The third-order valence-corrected chi connectivity index (χ3v) is 4.76. The summed E-state index contributed by atoms with van der Waals surface area (Å²) in [6.45, 7) is 4.03. The number of hydrogen-bond donors (Lipinski definition) is 0. The average molecular weight is 330 g/mol. The Hall–Kier alpha value is -2.94. The highest BCUT2D eigenvalue weighted by Crippen LogP contribution is 2.33. The van der Waals surface area contributed by atoms with Crippen LogP contribution in [0, 0.1) is 19.7 Å². The summed E-state index contributed by atoms with van der Waals surface area (Å²) in [5, 5.41) is 0. The quantitative estimate of drug-likeness (QED) is 0.463. The van der Waals surface area contributed by atoms with Crippen molar-refractivity contribution in [1.29, 1.82) is 0 Å². The molecule has 0 aliphatic rings. The Morgan fingerprint density at radius 2 is 1.60 bits per heavy atom. The predicted octanol–water partition coefficient (Wildman–Crippen LogP) is 5.66. The topological polar surface area (TPSA) is 17.8 Å². The summed E-state index contributed by atoms with van der Waals surface area (Å²) in [6, 6.07) is 19.3. The van der Waals surface area contributed by atoms with Crippen molar-refractivity contribution in [3.8, 4) is 22.5 Å². The number of fused-ring (bicyclic) bond motifs is 1. The molecular formula is C22H19FN2. The number of halogens is 1. The molecule has 0 aliphatic heterocycles. The number of benzene rings is 3. The Bertz CT molecular complexity index is 1070. The van der Waals surface area contributed by atoms with E-state index in [0.717, 1.165) is 39.1 Å². The van der Waals surface area contributed by atoms with Crippen molar-refractivity contribution in [3.05, 3.63) is 77.6 Å². The van der Waals surface area contributed by atoms with E-state index >= 15 is 0 Å². The van der Waals surface area contributed by atoms with E-state index in [9.17, 15) is 4.39 Å². The molecule has 0 bridgehead atoms. The molecule has 124 valence electrons. The fraction of sp³-hybridized carbons (Fsp3) is 0.136. The zero-order chi connectivity index (χ0) is 17.6. The lowest BCUT2D eigenvalue weighted by Crippen LogP contribution is -1.96. The Kier molecular flexibility index (Phi) is 3.65. The first-order chi connectivity index (χ1) is 12.1. The van der Waals surface area contributed by atoms with Crippen molar-refractivity contribution < 1.29 is 4.39 Å². The minimum Gasteiger partial charge on any atom is -0.327 e. The monoisotopic (exact) mass is 330 g/mol. The summed E-state index contributed by atoms with van der Waals surface area (Å²) in [5.41, 5.74) is 6.65. The van der Waals surface area contributed by atoms with Gasteiger partial charge in [0.05, 0.1) is 11.0 Å². The third kappa shape index (κ3) is 2.52. The normalized spacial score (nSPS) is 11.2. The highest BCUT2D eigenvalue weighted by Gasteiger charge is 2.15. The number of hydrogen-bond acceptors (Lipinski definition) is 1. The molecule has 4 rings (SSSR count). The van der Waals surface area contributed by atoms with Crippen molar-refractivity contribution in [2.24, 2.45) is 7.05 Å². The summed E-state index contributed by atoms with van der Waals surface area (Å²) in [7, 11) is 1.99. The molecule has 3 heteroatoms. The van der Waals surface area contributed by atoms with Gasteiger partial charge in [-0.2, -0.15) is 0 Å². The van der Waals surface area contributed by atoms with Crippen LogP contribution in [-0.2, 0) is 7.05 Å². The van der Waals surface area contributed by atoms with E-state index in [0.29, 0.717) is 5.56 Å². The Morgan fingerprint density at radius 1 is 0.880 bits per heavy atom. The lowest BCUT2D eigenvalue weighted by Gasteiger charge is -2.12. The third-order valence-electron chi connectivity index (χ3n) is 4.76. The average Bonchev–Trinajstić information content (AvgIpc) is 2.94. The van der Waals surface area contributed by atoms with Crippen molar-refractivity contribution >= 4 is 11.0 Å². The maximum atomic E-state index is 14.6. The maximum Gasteiger partial charge on any atom is 0.140 e. The van der Waals surface area contributed by atoms with Gasteiger partial charge in [0.1, 0.15) is 11.6 Å². The molecule has 0 amide bonds. The van der Waals surface area contributed by atoms with Crippen LogP contribution in [0.1, 0.15) is 11.1 Å². The second kappa shape index (κ2) is 5.85. The molecule has 0 radical (unpaired) electrons. The molecule has 0 aliphatic carbocycles. The highest BCUT2D eigenvalue weighted by atomic mass is 19.1. The van der Waals surface area contributed by atoms with Crippen molar-refractivity contribution in [2.45, 2.75) is 13.8 Å². The van der Waals surface area contributed by atoms with Gasteiger partial charge in [0.25, 0.3) is 0 Å². The Labute approximate surface area is 146 Å². The van der Waals surface area contributed by atoms with Gasteiger partial charge in [-0.1, -0.05) is 30.3 Å². The molecule has 0 saturated heterocycles. The van der Waals surface area contributed by atoms with Gasteiger partial charge in [0.15, 0.2) is 0 Å². The van der Waals surface area contributed by atoms with Gasteiger partial charge in [-0.15, -0.1) is 0 Å². The van der Waals surface area contributed by atoms with Gasteiger partial charge in [0.2, 0.25) is 0 Å². The number of imidazole rings is 1. The molecule has 4 aromatic rings. The van der Waals surface area contributed by atoms with E-state index in [-0.39, 0.29) is 5.82 Å². The van der Waals surface area contributed by atoms with Crippen LogP contribution in [-0.4, -0.2) is 9.55 Å². The summed E-state index contributed by atoms with van der Waals surface area (Å²) in [6.07, 6.45) is 0. The van der Waals surface area contributed by atoms with E-state index < -0.39 is 0 Å². The molecule has 0 unspecified atom stereocenters. The number of nitrogens with zero attached hydrogens (tertiary/aromatic N) is 2. The summed E-state index contributed by atoms with van der Waals surface area (Å²) in [5.74, 6) is 0.633. The van der Waals surface area contributed by atoms with E-state index in [1.807, 2.05) is 69.4 Å². The van der Waals surface area contributed by atoms with Crippen LogP contribution in [0.5, 0.6) is 0 Å². The fourth-order valence-electron chi connectivity index (χ4n) is 3.50. The van der Waals surface area contributed by atoms with Crippen LogP contribution in [0.4, 0.5) is 4.39 Å². The fourth-order valence-corrected chi connectivity index (χ4v) is 3.50. The second-order valence-corrected chi connectivity index (χ2v) is 6.44. The van der Waals surface area contributed by atoms with E-state index in [1.165, 1.54) is 6.07 Å². The van der Waals surface area contributed by atoms with Gasteiger partial charge < -0.3 is 4.57 Å². The Balaban J connectivity index is 1.94. The first-order valence-electron chi connectivity index (χ1n) is 8.34. The molecule has 0 spiro atoms. The zero-order valence-electron chi connectivity index (χ0n) is 14.5. The number of rotatable bonds is 2. The van der Waals surface area contributed by atoms with Crippen molar-refractivity contribution in [2.75, 3.05) is 0 Å². The number of aryl methyl sites for hydroxylation is 3. The number of aromatic nitrogens is 2. The van der Waals surface area contributed by atoms with E-state index in [4.69, 9.17) is 4.98 Å². The zero-order valence-corrected chi connectivity index (χ0v) is 14.5. The van der Waals surface area contributed by atoms with Crippen LogP contribution in [0.3, 0.4) is 0 Å². The van der Waals surface area contributed by atoms with Crippen LogP contribution >= 0.6 is 0 Å². The first-order valence-corrected chi connectivity index (χ1v) is 8.34. The van der Waals surface area contributed by atoms with Crippen molar-refractivity contribution in [3.63, 3.8) is 0 Å². The maximum absolute atomic E-state index is 14.6. The standard InChI is InChI=1S/C22H19FN2/c1-14-7-6-8-15(2)21(14)17-13-16(11-12-18(17)23)22-24-19-9-4-5-10-20(19)25(22)3/h4-13H,1-3H3. The second-order valence-electron chi connectivity index (χ2n) is 6.44. The van der Waals surface area contributed by atoms with Crippen LogP contribution < -0.4 is 0 Å². The molecule has 2 nitrogen and oxygen atoms in total. The molecule has 1 aromatic heterocycles. The van der Waals surface area contributed by atoms with Gasteiger partial charge in [-0.3, -0.25) is 0 Å². The minimum absolute atomic E-state index is 0.208. The van der Waals surface area contributed by atoms with Gasteiger partial charge in [-0.05, 0) is 60.9 Å². The highest BCUT2D eigenvalue weighted by molar-refractivity contribution is 5.82. The summed E-state index contributed by atoms with van der Waals surface area (Å²) < 4.78 is 16.7. The van der Waals surface area contributed by atoms with Gasteiger partial charge in [0, 0.05) is 18.2 Å². The lowest BCUT2D eigenvalue weighted by molar-refractivity contribution is 0.631. The van der Waals surface area contributed by atoms with E-state index in [2.05, 4.69) is 4.57 Å². The van der Waals surface area contributed by atoms with Gasteiger partial charge in [-0.25, -0.2) is 9.37 Å². The molecular weight excluding hydrogens is 311 g/mol. The smallest absolute Gasteiger partial charge is 0.140 e. The minimum atomic E-state index is -0.208. The first kappa shape index (κ1) is 15.6. The van der Waals surface area contributed by atoms with Crippen molar-refractivity contribution in [1.82, 2.24) is 9.55 Å². The molecule has 0 fully saturated rings. The largest absolute Gasteiger partial charge is 0.327 e. The van der Waals surface area contributed by atoms with Gasteiger partial charge >= 0.3 is 0 Å². The molecule has 0 atom stereocenters. The SMILES string of the molecule is Cc1cccc(C)c1-c1cc(-c2nc3ccccc3n2C)ccc1F. The molecule has 3 aromatic carbocycles. The molecule has 0 N–H and O–H groups in total. The summed E-state index contributed by atoms with van der Waals surface area (Å²) >= 11 is 0. The number of para-hydroxylation sites is 2. The van der Waals surface area contributed by atoms with Crippen LogP contribution in [0.15, 0.2) is 60.7 Å². The van der Waals surface area contributed by atoms with E-state index in [1.54, 1.807) is 6.07 Å². The molecule has 0 saturated carbocycles. The predicted molar refractivity (Wildman–Crippen MR) is 101 cm³/mol. The lowest BCUT2D eigenvalue weighted by atomic mass is 9.94. The van der Waals surface area contributed by atoms with Crippen LogP contribution in [0.25, 0.3) is 33.5 Å². The Morgan fingerprint density at radius 3 is 2.32 bits per heavy atom.